The van der Waals surface area contributed by atoms with E-state index in [1.807, 2.05) is 27.7 Å². The zero-order valence-corrected chi connectivity index (χ0v) is 9.06. The molecule has 0 aliphatic rings. The molecule has 0 aliphatic carbocycles. The topological polar surface area (TPSA) is 60.7 Å². The third kappa shape index (κ3) is 5.40. The Bertz CT molecular complexity index is 169. The van der Waals surface area contributed by atoms with Crippen molar-refractivity contribution in [3.63, 3.8) is 0 Å². The Morgan fingerprint density at radius 1 is 0.917 bits per heavy atom. The maximum absolute atomic E-state index is 9.05. The quantitative estimate of drug-likeness (QED) is 0.471. The second-order valence-electron chi connectivity index (χ2n) is 2.96. The van der Waals surface area contributed by atoms with Gasteiger partial charge in [0.1, 0.15) is 0 Å². The maximum atomic E-state index is 9.05. The van der Waals surface area contributed by atoms with Gasteiger partial charge in [0, 0.05) is 10.5 Å². The monoisotopic (exact) mass is 224 g/mol. The van der Waals surface area contributed by atoms with E-state index in [0.29, 0.717) is 0 Å². The minimum atomic E-state index is -3.61. The fraction of sp³-hybridized carbons (Fsp3) is 1.00. The van der Waals surface area contributed by atoms with Crippen molar-refractivity contribution in [1.82, 2.24) is 0 Å². The van der Waals surface area contributed by atoms with Crippen LogP contribution in [-0.2, 0) is 10.1 Å². The summed E-state index contributed by atoms with van der Waals surface area (Å²) in [6.45, 7) is 3.95. The molecule has 0 atom stereocenters. The molecule has 0 saturated carbocycles. The predicted octanol–water partition coefficient (Wildman–Crippen LogP) is 0.427. The van der Waals surface area contributed by atoms with Crippen molar-refractivity contribution >= 4 is 46.3 Å². The molecule has 3 nitrogen and oxygen atoms in total. The van der Waals surface area contributed by atoms with Gasteiger partial charge in [0.2, 0.25) is 0 Å². The number of hydrogen-bond acceptors (Lipinski definition) is 0. The van der Waals surface area contributed by atoms with Crippen molar-refractivity contribution in [2.24, 2.45) is 0 Å². The van der Waals surface area contributed by atoms with Crippen molar-refractivity contribution in [1.29, 1.82) is 0 Å². The van der Waals surface area contributed by atoms with Gasteiger partial charge in [0.25, 0.3) is 6.72 Å². The molecular formula is C6H18NaO3PS. The second kappa shape index (κ2) is 6.20. The van der Waals surface area contributed by atoms with Gasteiger partial charge in [-0.15, -0.1) is 10.1 Å². The Kier molecular flexibility index (Phi) is 8.32. The molecule has 3 N–H and O–H groups in total. The molecule has 0 rings (SSSR count). The summed E-state index contributed by atoms with van der Waals surface area (Å²) >= 11 is 0. The van der Waals surface area contributed by atoms with Gasteiger partial charge in [-0.3, -0.25) is 0 Å². The molecule has 0 spiro atoms. The SMILES string of the molecule is CC(C)S(C(C)C)=P(O)(O)O.[NaH]. The molecule has 0 heterocycles. The van der Waals surface area contributed by atoms with Gasteiger partial charge in [-0.1, -0.05) is 27.7 Å². The average Bonchev–Trinajstić information content (AvgIpc) is 1.54. The molecule has 0 amide bonds. The van der Waals surface area contributed by atoms with Gasteiger partial charge in [-0.25, -0.2) is 0 Å². The van der Waals surface area contributed by atoms with Gasteiger partial charge in [0.05, 0.1) is 0 Å². The van der Waals surface area contributed by atoms with E-state index in [1.165, 1.54) is 0 Å². The minimum absolute atomic E-state index is 0. The fourth-order valence-electron chi connectivity index (χ4n) is 1.11. The Hall–Kier alpha value is 1.66. The molecule has 0 aromatic heterocycles. The molecule has 0 unspecified atom stereocenters. The molecule has 0 aromatic rings. The second-order valence-corrected chi connectivity index (χ2v) is 9.30. The predicted molar refractivity (Wildman–Crippen MR) is 58.4 cm³/mol. The van der Waals surface area contributed by atoms with Crippen molar-refractivity contribution in [3.8, 4) is 0 Å². The molecule has 12 heavy (non-hydrogen) atoms. The summed E-state index contributed by atoms with van der Waals surface area (Å²) in [7, 11) is -0.667. The summed E-state index contributed by atoms with van der Waals surface area (Å²) in [5.74, 6) is 0. The molecule has 72 valence electrons. The summed E-state index contributed by atoms with van der Waals surface area (Å²) in [5, 5.41) is 0.256. The first-order valence-electron chi connectivity index (χ1n) is 3.56. The van der Waals surface area contributed by atoms with Crippen LogP contribution in [0.15, 0.2) is 0 Å². The van der Waals surface area contributed by atoms with Crippen molar-refractivity contribution in [2.75, 3.05) is 0 Å². The molecular weight excluding hydrogens is 206 g/mol. The molecule has 0 radical (unpaired) electrons. The van der Waals surface area contributed by atoms with E-state index < -0.39 is 16.8 Å². The van der Waals surface area contributed by atoms with Gasteiger partial charge >= 0.3 is 29.6 Å². The summed E-state index contributed by atoms with van der Waals surface area (Å²) in [6, 6.07) is 0. The fourth-order valence-corrected chi connectivity index (χ4v) is 6.72. The Morgan fingerprint density at radius 3 is 1.17 bits per heavy atom. The van der Waals surface area contributed by atoms with E-state index in [0.717, 1.165) is 0 Å². The zero-order valence-electron chi connectivity index (χ0n) is 7.35. The van der Waals surface area contributed by atoms with Crippen LogP contribution in [0.2, 0.25) is 0 Å². The molecule has 6 heteroatoms. The first-order chi connectivity index (χ1) is 4.76. The summed E-state index contributed by atoms with van der Waals surface area (Å²) < 4.78 is 0. The first kappa shape index (κ1) is 16.1. The van der Waals surface area contributed by atoms with Gasteiger partial charge in [-0.05, 0) is 0 Å². The molecule has 0 aliphatic heterocycles. The third-order valence-corrected chi connectivity index (χ3v) is 7.97. The Balaban J connectivity index is 0. The van der Waals surface area contributed by atoms with Gasteiger partial charge in [-0.2, -0.15) is 0 Å². The molecule has 0 bridgehead atoms. The van der Waals surface area contributed by atoms with E-state index in [1.54, 1.807) is 0 Å². The van der Waals surface area contributed by atoms with E-state index in [2.05, 4.69) is 0 Å². The van der Waals surface area contributed by atoms with E-state index in [-0.39, 0.29) is 40.1 Å². The van der Waals surface area contributed by atoms with Gasteiger partial charge in [0.15, 0.2) is 0 Å². The first-order valence-corrected chi connectivity index (χ1v) is 7.17. The molecule has 0 aromatic carbocycles. The van der Waals surface area contributed by atoms with Crippen LogP contribution in [0.4, 0.5) is 0 Å². The third-order valence-electron chi connectivity index (χ3n) is 1.25. The van der Waals surface area contributed by atoms with Gasteiger partial charge < -0.3 is 14.7 Å². The average molecular weight is 224 g/mol. The molecule has 0 saturated heterocycles. The van der Waals surface area contributed by atoms with Crippen LogP contribution in [0.3, 0.4) is 0 Å². The normalized spacial score (nSPS) is 12.5. The Labute approximate surface area is 98.7 Å². The number of hydrogen-bond donors (Lipinski definition) is 3. The number of rotatable bonds is 2. The van der Waals surface area contributed by atoms with Crippen LogP contribution in [0.25, 0.3) is 0 Å². The van der Waals surface area contributed by atoms with Crippen molar-refractivity contribution < 1.29 is 14.7 Å². The van der Waals surface area contributed by atoms with Crippen LogP contribution >= 0.6 is 6.72 Å². The van der Waals surface area contributed by atoms with E-state index in [9.17, 15) is 0 Å². The van der Waals surface area contributed by atoms with Crippen LogP contribution in [0.5, 0.6) is 0 Å². The summed E-state index contributed by atoms with van der Waals surface area (Å²) in [5.41, 5.74) is 0. The van der Waals surface area contributed by atoms with Crippen LogP contribution in [-0.4, -0.2) is 54.7 Å². The van der Waals surface area contributed by atoms with Crippen LogP contribution in [0, 0.1) is 0 Å². The zero-order chi connectivity index (χ0) is 9.23. The van der Waals surface area contributed by atoms with Crippen molar-refractivity contribution in [3.05, 3.63) is 0 Å². The Morgan fingerprint density at radius 2 is 1.17 bits per heavy atom. The summed E-state index contributed by atoms with van der Waals surface area (Å²) in [4.78, 5) is 27.2. The van der Waals surface area contributed by atoms with Crippen molar-refractivity contribution in [2.45, 2.75) is 38.2 Å². The standard InChI is InChI=1S/C6H17O3PS.Na.H/c1-5(2)11(6(3)4)10(7,8)9;;/h5-9H,1-4H3;;. The summed E-state index contributed by atoms with van der Waals surface area (Å²) in [6.07, 6.45) is 0. The van der Waals surface area contributed by atoms with E-state index >= 15 is 0 Å². The molecule has 0 fully saturated rings. The van der Waals surface area contributed by atoms with E-state index in [4.69, 9.17) is 14.7 Å². The van der Waals surface area contributed by atoms with Crippen LogP contribution < -0.4 is 0 Å². The van der Waals surface area contributed by atoms with Crippen LogP contribution in [0.1, 0.15) is 27.7 Å².